The van der Waals surface area contributed by atoms with E-state index < -0.39 is 17.7 Å². The number of hydrogen-bond acceptors (Lipinski definition) is 4. The van der Waals surface area contributed by atoms with Crippen LogP contribution in [-0.2, 0) is 13.6 Å². The lowest BCUT2D eigenvalue weighted by Crippen LogP contribution is -2.22. The molecule has 0 amide bonds. The van der Waals surface area contributed by atoms with Gasteiger partial charge in [0.2, 0.25) is 0 Å². The second-order valence-electron chi connectivity index (χ2n) is 4.89. The molecule has 0 radical (unpaired) electrons. The molecule has 3 aromatic rings. The third-order valence-corrected chi connectivity index (χ3v) is 3.41. The smallest absolute Gasteiger partial charge is 0.292 e. The summed E-state index contributed by atoms with van der Waals surface area (Å²) in [5.74, 6) is -2.03. The number of aliphatic hydroxyl groups excluding tert-OH is 1. The maximum absolute atomic E-state index is 13.2. The highest BCUT2D eigenvalue weighted by molar-refractivity contribution is 5.76. The third-order valence-electron chi connectivity index (χ3n) is 3.41. The van der Waals surface area contributed by atoms with E-state index in [1.807, 2.05) is 0 Å². The highest BCUT2D eigenvalue weighted by Gasteiger charge is 2.15. The fourth-order valence-electron chi connectivity index (χ4n) is 2.21. The molecule has 2 aromatic heterocycles. The number of aliphatic hydroxyl groups is 1. The van der Waals surface area contributed by atoms with Gasteiger partial charge < -0.3 is 5.11 Å². The van der Waals surface area contributed by atoms with Crippen LogP contribution in [0.1, 0.15) is 11.7 Å². The summed E-state index contributed by atoms with van der Waals surface area (Å²) in [7, 11) is 1.50. The second-order valence-corrected chi connectivity index (χ2v) is 4.89. The van der Waals surface area contributed by atoms with Crippen LogP contribution in [0, 0.1) is 11.6 Å². The molecule has 8 heteroatoms. The van der Waals surface area contributed by atoms with E-state index in [0.717, 1.165) is 16.8 Å². The fraction of sp³-hybridized carbons (Fsp3) is 0.214. The Morgan fingerprint density at radius 1 is 1.23 bits per heavy atom. The van der Waals surface area contributed by atoms with Crippen LogP contribution in [-0.4, -0.2) is 24.7 Å². The zero-order valence-electron chi connectivity index (χ0n) is 11.6. The lowest BCUT2D eigenvalue weighted by atomic mass is 10.1. The van der Waals surface area contributed by atoms with Crippen molar-refractivity contribution in [3.63, 3.8) is 0 Å². The molecular formula is C14H12F2N4O2. The number of nitrogens with zero attached hydrogens (tertiary/aromatic N) is 4. The standard InChI is InChI=1S/C14H12F2N4O2/c1-19-14(22)13-9(5-17-19)6-18-20(13)7-12(21)8-2-3-10(15)11(16)4-8/h2-6,12,21H,7H2,1H3. The first kappa shape index (κ1) is 14.3. The maximum Gasteiger partial charge on any atom is 0.292 e. The molecule has 114 valence electrons. The highest BCUT2D eigenvalue weighted by Crippen LogP contribution is 2.19. The Bertz CT molecular complexity index is 903. The second kappa shape index (κ2) is 5.30. The molecule has 1 atom stereocenters. The molecule has 0 aliphatic heterocycles. The molecule has 6 nitrogen and oxygen atoms in total. The zero-order valence-corrected chi connectivity index (χ0v) is 11.6. The van der Waals surface area contributed by atoms with Gasteiger partial charge in [0.25, 0.3) is 5.56 Å². The topological polar surface area (TPSA) is 72.9 Å². The van der Waals surface area contributed by atoms with E-state index in [4.69, 9.17) is 0 Å². The molecule has 0 fully saturated rings. The molecule has 0 saturated heterocycles. The predicted molar refractivity (Wildman–Crippen MR) is 74.1 cm³/mol. The number of halogens is 2. The SMILES string of the molecule is Cn1ncc2cnn(CC(O)c3ccc(F)c(F)c3)c2c1=O. The van der Waals surface area contributed by atoms with Crippen LogP contribution in [0.2, 0.25) is 0 Å². The maximum atomic E-state index is 13.2. The molecule has 1 N–H and O–H groups in total. The van der Waals surface area contributed by atoms with E-state index in [1.54, 1.807) is 0 Å². The monoisotopic (exact) mass is 306 g/mol. The van der Waals surface area contributed by atoms with E-state index >= 15 is 0 Å². The summed E-state index contributed by atoms with van der Waals surface area (Å²) < 4.78 is 28.6. The van der Waals surface area contributed by atoms with E-state index in [0.29, 0.717) is 10.9 Å². The Hall–Kier alpha value is -2.61. The summed E-state index contributed by atoms with van der Waals surface area (Å²) in [6.45, 7) is -0.0617. The van der Waals surface area contributed by atoms with Crippen molar-refractivity contribution in [3.05, 3.63) is 58.1 Å². The molecule has 2 heterocycles. The van der Waals surface area contributed by atoms with Gasteiger partial charge in [0.15, 0.2) is 11.6 Å². The van der Waals surface area contributed by atoms with Gasteiger partial charge in [-0.05, 0) is 17.7 Å². The summed E-state index contributed by atoms with van der Waals surface area (Å²) in [6.07, 6.45) is 1.82. The average Bonchev–Trinajstić information content (AvgIpc) is 2.89. The van der Waals surface area contributed by atoms with E-state index in [2.05, 4.69) is 10.2 Å². The van der Waals surface area contributed by atoms with Crippen molar-refractivity contribution in [2.75, 3.05) is 0 Å². The van der Waals surface area contributed by atoms with Crippen LogP contribution < -0.4 is 5.56 Å². The van der Waals surface area contributed by atoms with Gasteiger partial charge >= 0.3 is 0 Å². The molecule has 1 aromatic carbocycles. The van der Waals surface area contributed by atoms with Crippen LogP contribution >= 0.6 is 0 Å². The number of benzene rings is 1. The van der Waals surface area contributed by atoms with E-state index in [1.165, 1.54) is 30.2 Å². The molecule has 0 spiro atoms. The summed E-state index contributed by atoms with van der Waals surface area (Å²) in [5, 5.41) is 18.6. The van der Waals surface area contributed by atoms with Gasteiger partial charge in [0.1, 0.15) is 5.52 Å². The third kappa shape index (κ3) is 2.37. The number of aryl methyl sites for hydroxylation is 1. The molecule has 1 unspecified atom stereocenters. The van der Waals surface area contributed by atoms with Crippen LogP contribution in [0.4, 0.5) is 8.78 Å². The molecule has 3 rings (SSSR count). The Labute approximate surface area is 123 Å². The number of fused-ring (bicyclic) bond motifs is 1. The van der Waals surface area contributed by atoms with Gasteiger partial charge in [-0.3, -0.25) is 9.48 Å². The first-order valence-electron chi connectivity index (χ1n) is 6.48. The van der Waals surface area contributed by atoms with Gasteiger partial charge in [-0.2, -0.15) is 10.2 Å². The number of rotatable bonds is 3. The summed E-state index contributed by atoms with van der Waals surface area (Å²) in [5.41, 5.74) is 0.139. The number of aromatic nitrogens is 4. The Morgan fingerprint density at radius 3 is 2.68 bits per heavy atom. The van der Waals surface area contributed by atoms with Crippen molar-refractivity contribution >= 4 is 10.9 Å². The van der Waals surface area contributed by atoms with Gasteiger partial charge in [-0.15, -0.1) is 0 Å². The Balaban J connectivity index is 1.97. The predicted octanol–water partition coefficient (Wildman–Crippen LogP) is 1.14. The van der Waals surface area contributed by atoms with Gasteiger partial charge in [-0.25, -0.2) is 13.5 Å². The minimum absolute atomic E-state index is 0.0617. The van der Waals surface area contributed by atoms with Crippen molar-refractivity contribution in [1.29, 1.82) is 0 Å². The molecular weight excluding hydrogens is 294 g/mol. The highest BCUT2D eigenvalue weighted by atomic mass is 19.2. The quantitative estimate of drug-likeness (QED) is 0.787. The minimum Gasteiger partial charge on any atom is -0.386 e. The van der Waals surface area contributed by atoms with Crippen LogP contribution in [0.15, 0.2) is 35.4 Å². The van der Waals surface area contributed by atoms with Crippen molar-refractivity contribution in [2.24, 2.45) is 7.05 Å². The largest absolute Gasteiger partial charge is 0.386 e. The number of hydrogen-bond donors (Lipinski definition) is 1. The molecule has 0 aliphatic carbocycles. The van der Waals surface area contributed by atoms with Gasteiger partial charge in [0.05, 0.1) is 25.0 Å². The van der Waals surface area contributed by atoms with Crippen molar-refractivity contribution in [1.82, 2.24) is 19.6 Å². The molecule has 0 saturated carbocycles. The minimum atomic E-state index is -1.13. The van der Waals surface area contributed by atoms with Crippen molar-refractivity contribution in [3.8, 4) is 0 Å². The van der Waals surface area contributed by atoms with E-state index in [-0.39, 0.29) is 17.7 Å². The fourth-order valence-corrected chi connectivity index (χ4v) is 2.21. The molecule has 0 bridgehead atoms. The molecule has 0 aliphatic rings. The lowest BCUT2D eigenvalue weighted by Gasteiger charge is -2.12. The Kier molecular flexibility index (Phi) is 3.45. The summed E-state index contributed by atoms with van der Waals surface area (Å²) in [4.78, 5) is 12.1. The summed E-state index contributed by atoms with van der Waals surface area (Å²) >= 11 is 0. The van der Waals surface area contributed by atoms with Crippen LogP contribution in [0.3, 0.4) is 0 Å². The first-order chi connectivity index (χ1) is 10.5. The molecule has 22 heavy (non-hydrogen) atoms. The van der Waals surface area contributed by atoms with Gasteiger partial charge in [-0.1, -0.05) is 6.07 Å². The van der Waals surface area contributed by atoms with Crippen molar-refractivity contribution in [2.45, 2.75) is 12.6 Å². The van der Waals surface area contributed by atoms with Gasteiger partial charge in [0, 0.05) is 12.4 Å². The lowest BCUT2D eigenvalue weighted by molar-refractivity contribution is 0.152. The Morgan fingerprint density at radius 2 is 1.95 bits per heavy atom. The van der Waals surface area contributed by atoms with Crippen LogP contribution in [0.5, 0.6) is 0 Å². The summed E-state index contributed by atoms with van der Waals surface area (Å²) in [6, 6.07) is 3.15. The normalized spacial score (nSPS) is 12.7. The average molecular weight is 306 g/mol. The first-order valence-corrected chi connectivity index (χ1v) is 6.48. The van der Waals surface area contributed by atoms with Crippen molar-refractivity contribution < 1.29 is 13.9 Å². The van der Waals surface area contributed by atoms with Crippen LogP contribution in [0.25, 0.3) is 10.9 Å². The zero-order chi connectivity index (χ0) is 15.9. The van der Waals surface area contributed by atoms with E-state index in [9.17, 15) is 18.7 Å².